The molecule has 5 aromatic rings. The van der Waals surface area contributed by atoms with Gasteiger partial charge in [0.25, 0.3) is 0 Å². The molecule has 0 heterocycles. The van der Waals surface area contributed by atoms with E-state index in [1.807, 2.05) is 0 Å². The number of benzene rings is 5. The topological polar surface area (TPSA) is 3.24 Å². The summed E-state index contributed by atoms with van der Waals surface area (Å²) in [5.41, 5.74) is 14.1. The van der Waals surface area contributed by atoms with Crippen LogP contribution < -0.4 is 4.90 Å². The lowest BCUT2D eigenvalue weighted by Gasteiger charge is -2.23. The lowest BCUT2D eigenvalue weighted by atomic mass is 9.92. The third kappa shape index (κ3) is 4.83. The minimum atomic E-state index is 0.934. The Kier molecular flexibility index (Phi) is 6.73. The summed E-state index contributed by atoms with van der Waals surface area (Å²) in [6, 6.07) is 41.7. The van der Waals surface area contributed by atoms with Gasteiger partial charge in [-0.15, -0.1) is 0 Å². The summed E-state index contributed by atoms with van der Waals surface area (Å²) in [4.78, 5) is 2.29. The van der Waals surface area contributed by atoms with Crippen LogP contribution in [0.4, 0.5) is 11.4 Å². The average Bonchev–Trinajstić information content (AvgIpc) is 2.90. The highest BCUT2D eigenvalue weighted by Gasteiger charge is 2.13. The van der Waals surface area contributed by atoms with E-state index in [-0.39, 0.29) is 0 Å². The highest BCUT2D eigenvalue weighted by atomic mass is 15.1. The van der Waals surface area contributed by atoms with Crippen molar-refractivity contribution >= 4 is 11.4 Å². The highest BCUT2D eigenvalue weighted by molar-refractivity contribution is 5.78. The van der Waals surface area contributed by atoms with E-state index in [2.05, 4.69) is 148 Å². The molecule has 178 valence electrons. The molecule has 0 radical (unpaired) electrons. The molecule has 0 bridgehead atoms. The fraction of sp³-hybridized carbons (Fsp3) is 0.143. The summed E-state index contributed by atoms with van der Waals surface area (Å²) >= 11 is 0. The highest BCUT2D eigenvalue weighted by Crippen LogP contribution is 2.35. The van der Waals surface area contributed by atoms with Gasteiger partial charge >= 0.3 is 0 Å². The van der Waals surface area contributed by atoms with E-state index < -0.39 is 0 Å². The van der Waals surface area contributed by atoms with Gasteiger partial charge in [0.15, 0.2) is 0 Å². The summed E-state index contributed by atoms with van der Waals surface area (Å²) in [6.07, 6.45) is 0.934. The lowest BCUT2D eigenvalue weighted by Crippen LogP contribution is -2.10. The fourth-order valence-corrected chi connectivity index (χ4v) is 5.04. The molecule has 0 unspecified atom stereocenters. The Labute approximate surface area is 215 Å². The molecular formula is C35H33N. The molecule has 36 heavy (non-hydrogen) atoms. The molecule has 5 rings (SSSR count). The molecule has 1 heteroatoms. The number of hydrogen-bond donors (Lipinski definition) is 0. The molecule has 0 aliphatic carbocycles. The molecule has 1 nitrogen and oxygen atoms in total. The van der Waals surface area contributed by atoms with Gasteiger partial charge in [-0.25, -0.2) is 0 Å². The van der Waals surface area contributed by atoms with Gasteiger partial charge < -0.3 is 4.90 Å². The molecule has 0 aliphatic rings. The van der Waals surface area contributed by atoms with E-state index in [0.29, 0.717) is 0 Å². The van der Waals surface area contributed by atoms with Crippen molar-refractivity contribution in [3.63, 3.8) is 0 Å². The Balaban J connectivity index is 1.47. The molecule has 0 spiro atoms. The normalized spacial score (nSPS) is 10.9. The van der Waals surface area contributed by atoms with Gasteiger partial charge in [-0.1, -0.05) is 91.0 Å². The zero-order chi connectivity index (χ0) is 25.1. The van der Waals surface area contributed by atoms with Crippen molar-refractivity contribution in [3.05, 3.63) is 143 Å². The summed E-state index contributed by atoms with van der Waals surface area (Å²) < 4.78 is 0. The molecule has 0 aromatic heterocycles. The maximum Gasteiger partial charge on any atom is 0.0414 e. The van der Waals surface area contributed by atoms with Crippen molar-refractivity contribution < 1.29 is 0 Å². The molecule has 0 saturated heterocycles. The summed E-state index contributed by atoms with van der Waals surface area (Å²) in [5, 5.41) is 0. The van der Waals surface area contributed by atoms with Crippen LogP contribution in [0.2, 0.25) is 0 Å². The van der Waals surface area contributed by atoms with E-state index in [0.717, 1.165) is 6.42 Å². The number of aryl methyl sites for hydroxylation is 3. The van der Waals surface area contributed by atoms with Crippen LogP contribution in [-0.4, -0.2) is 7.05 Å². The second-order valence-electron chi connectivity index (χ2n) is 9.69. The quantitative estimate of drug-likeness (QED) is 0.240. The molecule has 0 saturated carbocycles. The monoisotopic (exact) mass is 467 g/mol. The number of anilines is 2. The van der Waals surface area contributed by atoms with Crippen LogP contribution in [0.15, 0.2) is 115 Å². The van der Waals surface area contributed by atoms with Crippen LogP contribution in [-0.2, 0) is 6.42 Å². The first-order chi connectivity index (χ1) is 17.5. The van der Waals surface area contributed by atoms with Gasteiger partial charge in [0.1, 0.15) is 0 Å². The molecule has 0 fully saturated rings. The minimum Gasteiger partial charge on any atom is -0.345 e. The molecule has 0 amide bonds. The first kappa shape index (κ1) is 23.6. The van der Waals surface area contributed by atoms with Crippen molar-refractivity contribution in [3.8, 4) is 22.3 Å². The van der Waals surface area contributed by atoms with E-state index in [4.69, 9.17) is 0 Å². The third-order valence-electron chi connectivity index (χ3n) is 7.19. The molecule has 5 aromatic carbocycles. The third-order valence-corrected chi connectivity index (χ3v) is 7.19. The second kappa shape index (κ2) is 10.3. The Bertz CT molecular complexity index is 1500. The number of nitrogens with zero attached hydrogens (tertiary/aromatic N) is 1. The van der Waals surface area contributed by atoms with Crippen molar-refractivity contribution in [1.29, 1.82) is 0 Å². The van der Waals surface area contributed by atoms with Crippen LogP contribution in [0.5, 0.6) is 0 Å². The first-order valence-corrected chi connectivity index (χ1v) is 12.6. The predicted molar refractivity (Wildman–Crippen MR) is 155 cm³/mol. The standard InChI is InChI=1S/C35H33N/c1-25-12-8-10-16-32(25)35-24-31(19-18-26(35)2)36(4)30-20-21-33(27(3)22-30)34-17-11-9-15-29(34)23-28-13-6-5-7-14-28/h5-22,24H,23H2,1-4H3. The van der Waals surface area contributed by atoms with E-state index in [9.17, 15) is 0 Å². The van der Waals surface area contributed by atoms with Crippen molar-refractivity contribution in [2.75, 3.05) is 11.9 Å². The smallest absolute Gasteiger partial charge is 0.0414 e. The first-order valence-electron chi connectivity index (χ1n) is 12.6. The van der Waals surface area contributed by atoms with Gasteiger partial charge in [0, 0.05) is 18.4 Å². The van der Waals surface area contributed by atoms with Gasteiger partial charge in [-0.2, -0.15) is 0 Å². The van der Waals surface area contributed by atoms with Crippen molar-refractivity contribution in [2.24, 2.45) is 0 Å². The largest absolute Gasteiger partial charge is 0.345 e. The number of hydrogen-bond acceptors (Lipinski definition) is 1. The molecule has 0 aliphatic heterocycles. The van der Waals surface area contributed by atoms with E-state index in [1.54, 1.807) is 0 Å². The molecular weight excluding hydrogens is 434 g/mol. The Morgan fingerprint density at radius 1 is 0.472 bits per heavy atom. The van der Waals surface area contributed by atoms with Gasteiger partial charge in [-0.05, 0) is 102 Å². The number of rotatable bonds is 6. The molecule has 0 atom stereocenters. The van der Waals surface area contributed by atoms with Crippen LogP contribution in [0.25, 0.3) is 22.3 Å². The van der Waals surface area contributed by atoms with Crippen molar-refractivity contribution in [2.45, 2.75) is 27.2 Å². The lowest BCUT2D eigenvalue weighted by molar-refractivity contribution is 1.18. The van der Waals surface area contributed by atoms with Crippen LogP contribution in [0.3, 0.4) is 0 Å². The molecule has 0 N–H and O–H groups in total. The SMILES string of the molecule is Cc1ccccc1-c1cc(N(C)c2ccc(-c3ccccc3Cc3ccccc3)c(C)c2)ccc1C. The fourth-order valence-electron chi connectivity index (χ4n) is 5.04. The van der Waals surface area contributed by atoms with E-state index >= 15 is 0 Å². The van der Waals surface area contributed by atoms with Crippen LogP contribution >= 0.6 is 0 Å². The van der Waals surface area contributed by atoms with Gasteiger partial charge in [-0.3, -0.25) is 0 Å². The van der Waals surface area contributed by atoms with Gasteiger partial charge in [0.2, 0.25) is 0 Å². The maximum atomic E-state index is 2.32. The zero-order valence-electron chi connectivity index (χ0n) is 21.6. The maximum absolute atomic E-state index is 2.32. The summed E-state index contributed by atoms with van der Waals surface area (Å²) in [7, 11) is 2.16. The average molecular weight is 468 g/mol. The van der Waals surface area contributed by atoms with Crippen LogP contribution in [0, 0.1) is 20.8 Å². The predicted octanol–water partition coefficient (Wildman–Crippen LogP) is 9.30. The van der Waals surface area contributed by atoms with Gasteiger partial charge in [0.05, 0.1) is 0 Å². The summed E-state index contributed by atoms with van der Waals surface area (Å²) in [6.45, 7) is 6.60. The van der Waals surface area contributed by atoms with E-state index in [1.165, 1.54) is 61.4 Å². The summed E-state index contributed by atoms with van der Waals surface area (Å²) in [5.74, 6) is 0. The minimum absolute atomic E-state index is 0.934. The Morgan fingerprint density at radius 2 is 1.06 bits per heavy atom. The Morgan fingerprint density at radius 3 is 1.81 bits per heavy atom. The van der Waals surface area contributed by atoms with Crippen LogP contribution in [0.1, 0.15) is 27.8 Å². The zero-order valence-corrected chi connectivity index (χ0v) is 21.6. The van der Waals surface area contributed by atoms with Crippen molar-refractivity contribution in [1.82, 2.24) is 0 Å². The Hall–Kier alpha value is -4.10. The second-order valence-corrected chi connectivity index (χ2v) is 9.69.